The lowest BCUT2D eigenvalue weighted by Crippen LogP contribution is -2.30. The summed E-state index contributed by atoms with van der Waals surface area (Å²) in [6.45, 7) is 9.10. The largest absolute Gasteiger partial charge is 0.338 e. The van der Waals surface area contributed by atoms with Gasteiger partial charge in [-0.1, -0.05) is 10.3 Å². The van der Waals surface area contributed by atoms with Crippen molar-refractivity contribution >= 4 is 0 Å². The van der Waals surface area contributed by atoms with E-state index < -0.39 is 0 Å². The van der Waals surface area contributed by atoms with E-state index in [9.17, 15) is 0 Å². The Morgan fingerprint density at radius 2 is 1.29 bits per heavy atom. The summed E-state index contributed by atoms with van der Waals surface area (Å²) >= 11 is 0. The molecule has 8 nitrogen and oxygen atoms in total. The van der Waals surface area contributed by atoms with Gasteiger partial charge in [0.2, 0.25) is 11.8 Å². The first-order valence-electron chi connectivity index (χ1n) is 7.22. The van der Waals surface area contributed by atoms with Crippen LogP contribution in [0.1, 0.15) is 29.9 Å². The van der Waals surface area contributed by atoms with E-state index in [4.69, 9.17) is 9.05 Å². The highest BCUT2D eigenvalue weighted by molar-refractivity contribution is 4.86. The van der Waals surface area contributed by atoms with E-state index in [1.54, 1.807) is 0 Å². The first-order chi connectivity index (χ1) is 10.2. The molecule has 0 aliphatic carbocycles. The first-order valence-corrected chi connectivity index (χ1v) is 7.22. The molecule has 21 heavy (non-hydrogen) atoms. The van der Waals surface area contributed by atoms with Crippen LogP contribution in [-0.4, -0.2) is 56.3 Å². The molecule has 1 aliphatic rings. The van der Waals surface area contributed by atoms with Gasteiger partial charge in [-0.2, -0.15) is 9.97 Å². The lowest BCUT2D eigenvalue weighted by Gasteiger charge is -2.19. The summed E-state index contributed by atoms with van der Waals surface area (Å²) in [6.07, 6.45) is 1.10. The Bertz CT molecular complexity index is 530. The van der Waals surface area contributed by atoms with Crippen molar-refractivity contribution in [2.75, 3.05) is 26.2 Å². The normalized spacial score (nSPS) is 18.0. The number of aryl methyl sites for hydroxylation is 2. The second kappa shape index (κ2) is 6.31. The first kappa shape index (κ1) is 14.2. The Morgan fingerprint density at radius 3 is 1.67 bits per heavy atom. The molecule has 0 radical (unpaired) electrons. The van der Waals surface area contributed by atoms with Crippen LogP contribution >= 0.6 is 0 Å². The number of rotatable bonds is 4. The zero-order valence-corrected chi connectivity index (χ0v) is 12.4. The molecule has 3 rings (SSSR count). The molecular formula is C13H20N6O2. The molecule has 0 aromatic carbocycles. The smallest absolute Gasteiger partial charge is 0.240 e. The van der Waals surface area contributed by atoms with Crippen LogP contribution in [0.2, 0.25) is 0 Å². The third kappa shape index (κ3) is 3.85. The van der Waals surface area contributed by atoms with E-state index in [0.29, 0.717) is 36.5 Å². The predicted octanol–water partition coefficient (Wildman–Crippen LogP) is 0.777. The maximum Gasteiger partial charge on any atom is 0.240 e. The van der Waals surface area contributed by atoms with E-state index >= 15 is 0 Å². The van der Waals surface area contributed by atoms with Gasteiger partial charge in [0.1, 0.15) is 0 Å². The topological polar surface area (TPSA) is 84.3 Å². The molecule has 1 fully saturated rings. The minimum absolute atomic E-state index is 0.688. The van der Waals surface area contributed by atoms with Crippen molar-refractivity contribution in [1.82, 2.24) is 30.1 Å². The van der Waals surface area contributed by atoms with Crippen LogP contribution < -0.4 is 0 Å². The van der Waals surface area contributed by atoms with Gasteiger partial charge in [0.15, 0.2) is 11.6 Å². The summed E-state index contributed by atoms with van der Waals surface area (Å²) in [6, 6.07) is 0. The van der Waals surface area contributed by atoms with Crippen LogP contribution in [0.15, 0.2) is 9.05 Å². The average Bonchev–Trinajstić information content (AvgIpc) is 2.96. The SMILES string of the molecule is Cc1noc(CN2CCCN(Cc3nc(C)no3)CC2)n1. The zero-order valence-electron chi connectivity index (χ0n) is 12.4. The van der Waals surface area contributed by atoms with Gasteiger partial charge in [-0.05, 0) is 33.4 Å². The predicted molar refractivity (Wildman–Crippen MR) is 73.2 cm³/mol. The highest BCUT2D eigenvalue weighted by Gasteiger charge is 2.18. The summed E-state index contributed by atoms with van der Waals surface area (Å²) in [5.74, 6) is 2.75. The van der Waals surface area contributed by atoms with Crippen LogP contribution in [0.3, 0.4) is 0 Å². The quantitative estimate of drug-likeness (QED) is 0.817. The van der Waals surface area contributed by atoms with Gasteiger partial charge < -0.3 is 9.05 Å². The molecular weight excluding hydrogens is 272 g/mol. The lowest BCUT2D eigenvalue weighted by molar-refractivity contribution is 0.209. The van der Waals surface area contributed by atoms with E-state index in [-0.39, 0.29) is 0 Å². The number of nitrogens with zero attached hydrogens (tertiary/aromatic N) is 6. The molecule has 2 aromatic rings. The number of hydrogen-bond donors (Lipinski definition) is 0. The van der Waals surface area contributed by atoms with Crippen molar-refractivity contribution < 1.29 is 9.05 Å². The third-order valence-corrected chi connectivity index (χ3v) is 3.54. The Labute approximate surface area is 123 Å². The zero-order chi connectivity index (χ0) is 14.7. The van der Waals surface area contributed by atoms with Crippen LogP contribution in [0.25, 0.3) is 0 Å². The van der Waals surface area contributed by atoms with Gasteiger partial charge in [-0.3, -0.25) is 9.80 Å². The van der Waals surface area contributed by atoms with E-state index in [2.05, 4.69) is 30.1 Å². The van der Waals surface area contributed by atoms with Crippen molar-refractivity contribution in [3.63, 3.8) is 0 Å². The van der Waals surface area contributed by atoms with Crippen molar-refractivity contribution in [2.45, 2.75) is 33.4 Å². The molecule has 0 spiro atoms. The Balaban J connectivity index is 1.51. The van der Waals surface area contributed by atoms with Gasteiger partial charge in [0, 0.05) is 13.1 Å². The molecule has 0 amide bonds. The maximum atomic E-state index is 5.18. The molecule has 0 unspecified atom stereocenters. The minimum atomic E-state index is 0.688. The molecule has 0 N–H and O–H groups in total. The fourth-order valence-electron chi connectivity index (χ4n) is 2.53. The lowest BCUT2D eigenvalue weighted by atomic mass is 10.3. The Kier molecular flexibility index (Phi) is 4.26. The molecule has 0 saturated carbocycles. The van der Waals surface area contributed by atoms with Gasteiger partial charge in [-0.15, -0.1) is 0 Å². The highest BCUT2D eigenvalue weighted by atomic mass is 16.5. The second-order valence-electron chi connectivity index (χ2n) is 5.38. The van der Waals surface area contributed by atoms with Gasteiger partial charge in [0.05, 0.1) is 13.1 Å². The van der Waals surface area contributed by atoms with Crippen molar-refractivity contribution in [2.24, 2.45) is 0 Å². The summed E-state index contributed by atoms with van der Waals surface area (Å²) in [5.41, 5.74) is 0. The van der Waals surface area contributed by atoms with E-state index in [1.807, 2.05) is 13.8 Å². The average molecular weight is 292 g/mol. The van der Waals surface area contributed by atoms with Crippen LogP contribution in [0.4, 0.5) is 0 Å². The van der Waals surface area contributed by atoms with E-state index in [0.717, 1.165) is 32.6 Å². The summed E-state index contributed by atoms with van der Waals surface area (Å²) in [5, 5.41) is 7.66. The van der Waals surface area contributed by atoms with Gasteiger partial charge in [-0.25, -0.2) is 0 Å². The molecule has 2 aromatic heterocycles. The van der Waals surface area contributed by atoms with Crippen LogP contribution in [0, 0.1) is 13.8 Å². The molecule has 8 heteroatoms. The van der Waals surface area contributed by atoms with Crippen molar-refractivity contribution in [3.05, 3.63) is 23.4 Å². The molecule has 3 heterocycles. The van der Waals surface area contributed by atoms with Crippen LogP contribution in [0.5, 0.6) is 0 Å². The second-order valence-corrected chi connectivity index (χ2v) is 5.38. The standard InChI is InChI=1S/C13H20N6O2/c1-10-14-12(20-16-10)8-18-4-3-5-19(7-6-18)9-13-15-11(2)17-21-13/h3-9H2,1-2H3. The molecule has 1 saturated heterocycles. The van der Waals surface area contributed by atoms with Crippen LogP contribution in [-0.2, 0) is 13.1 Å². The summed E-state index contributed by atoms with van der Waals surface area (Å²) in [4.78, 5) is 13.2. The van der Waals surface area contributed by atoms with Crippen molar-refractivity contribution in [3.8, 4) is 0 Å². The minimum Gasteiger partial charge on any atom is -0.338 e. The number of aromatic nitrogens is 4. The maximum absolute atomic E-state index is 5.18. The fraction of sp³-hybridized carbons (Fsp3) is 0.692. The van der Waals surface area contributed by atoms with E-state index in [1.165, 1.54) is 0 Å². The summed E-state index contributed by atoms with van der Waals surface area (Å²) in [7, 11) is 0. The molecule has 114 valence electrons. The monoisotopic (exact) mass is 292 g/mol. The van der Waals surface area contributed by atoms with Gasteiger partial charge in [0.25, 0.3) is 0 Å². The highest BCUT2D eigenvalue weighted by Crippen LogP contribution is 2.10. The number of hydrogen-bond acceptors (Lipinski definition) is 8. The Hall–Kier alpha value is -1.80. The third-order valence-electron chi connectivity index (χ3n) is 3.54. The molecule has 0 bridgehead atoms. The Morgan fingerprint density at radius 1 is 0.810 bits per heavy atom. The summed E-state index contributed by atoms with van der Waals surface area (Å²) < 4.78 is 10.4. The molecule has 0 atom stereocenters. The van der Waals surface area contributed by atoms with Crippen molar-refractivity contribution in [1.29, 1.82) is 0 Å². The molecule has 1 aliphatic heterocycles. The fourth-order valence-corrected chi connectivity index (χ4v) is 2.53. The van der Waals surface area contributed by atoms with Gasteiger partial charge >= 0.3 is 0 Å².